The molecule has 0 spiro atoms. The van der Waals surface area contributed by atoms with Crippen LogP contribution < -0.4 is 0 Å². The molecule has 0 aromatic rings. The van der Waals surface area contributed by atoms with Crippen LogP contribution >= 0.6 is 0 Å². The van der Waals surface area contributed by atoms with E-state index in [4.69, 9.17) is 0 Å². The summed E-state index contributed by atoms with van der Waals surface area (Å²) in [5, 5.41) is 9.31. The molecule has 0 radical (unpaired) electrons. The number of aliphatic hydroxyl groups excluding tert-OH is 1. The molecule has 1 nitrogen and oxygen atoms in total. The van der Waals surface area contributed by atoms with E-state index >= 15 is 0 Å². The van der Waals surface area contributed by atoms with E-state index in [2.05, 4.69) is 27.7 Å². The summed E-state index contributed by atoms with van der Waals surface area (Å²) in [6, 6.07) is 0. The largest absolute Gasteiger partial charge is 0.393 e. The van der Waals surface area contributed by atoms with Crippen LogP contribution in [0.5, 0.6) is 0 Å². The lowest BCUT2D eigenvalue weighted by Crippen LogP contribution is -2.25. The van der Waals surface area contributed by atoms with Gasteiger partial charge in [0.05, 0.1) is 6.10 Å². The zero-order chi connectivity index (χ0) is 9.78. The molecule has 0 aliphatic carbocycles. The van der Waals surface area contributed by atoms with Crippen molar-refractivity contribution in [3.63, 3.8) is 0 Å². The number of hydrogen-bond donors (Lipinski definition) is 1. The normalized spacial score (nSPS) is 17.5. The lowest BCUT2D eigenvalue weighted by molar-refractivity contribution is 0.0925. The standard InChI is InChI=1S/C11H24O/c1-6-7-9(2)11(4,5)8-10(3)12/h9-10,12H,6-8H2,1-5H3. The Labute approximate surface area is 77.2 Å². The topological polar surface area (TPSA) is 20.2 Å². The summed E-state index contributed by atoms with van der Waals surface area (Å²) in [6.45, 7) is 10.9. The minimum absolute atomic E-state index is 0.167. The fraction of sp³-hybridized carbons (Fsp3) is 1.00. The SMILES string of the molecule is CCCC(C)C(C)(C)CC(C)O. The summed E-state index contributed by atoms with van der Waals surface area (Å²) in [4.78, 5) is 0. The van der Waals surface area contributed by atoms with Crippen molar-refractivity contribution in [2.75, 3.05) is 0 Å². The molecule has 0 aliphatic rings. The Kier molecular flexibility index (Phi) is 4.84. The first-order chi connectivity index (χ1) is 5.40. The maximum absolute atomic E-state index is 9.31. The van der Waals surface area contributed by atoms with E-state index in [1.165, 1.54) is 12.8 Å². The summed E-state index contributed by atoms with van der Waals surface area (Å²) in [5.41, 5.74) is 0.282. The van der Waals surface area contributed by atoms with E-state index in [1.54, 1.807) is 0 Å². The van der Waals surface area contributed by atoms with Gasteiger partial charge < -0.3 is 5.11 Å². The molecule has 0 rings (SSSR count). The summed E-state index contributed by atoms with van der Waals surface area (Å²) in [6.07, 6.45) is 3.25. The van der Waals surface area contributed by atoms with E-state index in [9.17, 15) is 5.11 Å². The van der Waals surface area contributed by atoms with Gasteiger partial charge in [0.15, 0.2) is 0 Å². The molecule has 12 heavy (non-hydrogen) atoms. The minimum atomic E-state index is -0.167. The van der Waals surface area contributed by atoms with Crippen molar-refractivity contribution >= 4 is 0 Å². The average molecular weight is 172 g/mol. The fourth-order valence-corrected chi connectivity index (χ4v) is 1.79. The van der Waals surface area contributed by atoms with Crippen molar-refractivity contribution in [1.29, 1.82) is 0 Å². The van der Waals surface area contributed by atoms with Gasteiger partial charge in [0, 0.05) is 0 Å². The monoisotopic (exact) mass is 172 g/mol. The smallest absolute Gasteiger partial charge is 0.0517 e. The van der Waals surface area contributed by atoms with E-state index in [1.807, 2.05) is 6.92 Å². The van der Waals surface area contributed by atoms with Crippen LogP contribution in [0.1, 0.15) is 53.9 Å². The predicted octanol–water partition coefficient (Wildman–Crippen LogP) is 3.22. The van der Waals surface area contributed by atoms with Crippen LogP contribution in [-0.4, -0.2) is 11.2 Å². The van der Waals surface area contributed by atoms with Crippen LogP contribution in [0.15, 0.2) is 0 Å². The van der Waals surface area contributed by atoms with Crippen LogP contribution in [0.3, 0.4) is 0 Å². The molecular weight excluding hydrogens is 148 g/mol. The van der Waals surface area contributed by atoms with Gasteiger partial charge in [-0.25, -0.2) is 0 Å². The van der Waals surface area contributed by atoms with E-state index < -0.39 is 0 Å². The third-order valence-corrected chi connectivity index (χ3v) is 2.88. The molecule has 2 atom stereocenters. The Morgan fingerprint density at radius 1 is 1.25 bits per heavy atom. The number of rotatable bonds is 5. The third-order valence-electron chi connectivity index (χ3n) is 2.88. The van der Waals surface area contributed by atoms with Crippen LogP contribution in [0.4, 0.5) is 0 Å². The fourth-order valence-electron chi connectivity index (χ4n) is 1.79. The van der Waals surface area contributed by atoms with Crippen LogP contribution in [0, 0.1) is 11.3 Å². The Morgan fingerprint density at radius 2 is 1.75 bits per heavy atom. The van der Waals surface area contributed by atoms with Crippen LogP contribution in [0.25, 0.3) is 0 Å². The zero-order valence-corrected chi connectivity index (χ0v) is 9.22. The molecule has 0 saturated carbocycles. The van der Waals surface area contributed by atoms with Crippen LogP contribution in [0.2, 0.25) is 0 Å². The van der Waals surface area contributed by atoms with Gasteiger partial charge in [0.25, 0.3) is 0 Å². The molecule has 0 saturated heterocycles. The van der Waals surface area contributed by atoms with Gasteiger partial charge in [-0.05, 0) is 24.7 Å². The van der Waals surface area contributed by atoms with Gasteiger partial charge >= 0.3 is 0 Å². The Bertz CT molecular complexity index is 116. The molecule has 0 heterocycles. The first kappa shape index (κ1) is 12.0. The highest BCUT2D eigenvalue weighted by molar-refractivity contribution is 4.76. The summed E-state index contributed by atoms with van der Waals surface area (Å²) in [7, 11) is 0. The van der Waals surface area contributed by atoms with E-state index in [-0.39, 0.29) is 11.5 Å². The maximum Gasteiger partial charge on any atom is 0.0517 e. The highest BCUT2D eigenvalue weighted by atomic mass is 16.3. The molecule has 1 heteroatoms. The molecule has 2 unspecified atom stereocenters. The summed E-state index contributed by atoms with van der Waals surface area (Å²) in [5.74, 6) is 0.706. The zero-order valence-electron chi connectivity index (χ0n) is 9.22. The second kappa shape index (κ2) is 4.86. The van der Waals surface area contributed by atoms with Crippen molar-refractivity contribution in [1.82, 2.24) is 0 Å². The lowest BCUT2D eigenvalue weighted by atomic mass is 9.74. The molecule has 0 fully saturated rings. The number of aliphatic hydroxyl groups is 1. The van der Waals surface area contributed by atoms with Gasteiger partial charge in [-0.1, -0.05) is 40.5 Å². The number of hydrogen-bond acceptors (Lipinski definition) is 1. The van der Waals surface area contributed by atoms with Crippen molar-refractivity contribution in [2.24, 2.45) is 11.3 Å². The van der Waals surface area contributed by atoms with Gasteiger partial charge in [-0.15, -0.1) is 0 Å². The molecule has 0 aromatic carbocycles. The van der Waals surface area contributed by atoms with Crippen molar-refractivity contribution in [3.8, 4) is 0 Å². The van der Waals surface area contributed by atoms with Crippen molar-refractivity contribution in [2.45, 2.75) is 60.0 Å². The maximum atomic E-state index is 9.31. The minimum Gasteiger partial charge on any atom is -0.393 e. The van der Waals surface area contributed by atoms with Crippen LogP contribution in [-0.2, 0) is 0 Å². The van der Waals surface area contributed by atoms with E-state index in [0.717, 1.165) is 6.42 Å². The van der Waals surface area contributed by atoms with Crippen molar-refractivity contribution < 1.29 is 5.11 Å². The molecule has 0 amide bonds. The summed E-state index contributed by atoms with van der Waals surface area (Å²) >= 11 is 0. The summed E-state index contributed by atoms with van der Waals surface area (Å²) < 4.78 is 0. The second-order valence-corrected chi connectivity index (χ2v) is 4.73. The Morgan fingerprint density at radius 3 is 2.08 bits per heavy atom. The van der Waals surface area contributed by atoms with E-state index in [0.29, 0.717) is 5.92 Å². The Hall–Kier alpha value is -0.0400. The Balaban J connectivity index is 3.99. The molecule has 0 aliphatic heterocycles. The second-order valence-electron chi connectivity index (χ2n) is 4.73. The first-order valence-electron chi connectivity index (χ1n) is 5.08. The van der Waals surface area contributed by atoms with Gasteiger partial charge in [0.2, 0.25) is 0 Å². The third kappa shape index (κ3) is 4.10. The predicted molar refractivity (Wildman–Crippen MR) is 54.2 cm³/mol. The van der Waals surface area contributed by atoms with Gasteiger partial charge in [-0.2, -0.15) is 0 Å². The van der Waals surface area contributed by atoms with Gasteiger partial charge in [0.1, 0.15) is 0 Å². The quantitative estimate of drug-likeness (QED) is 0.675. The lowest BCUT2D eigenvalue weighted by Gasteiger charge is -2.32. The van der Waals surface area contributed by atoms with Crippen molar-refractivity contribution in [3.05, 3.63) is 0 Å². The molecular formula is C11H24O. The average Bonchev–Trinajstić information content (AvgIpc) is 1.85. The first-order valence-corrected chi connectivity index (χ1v) is 5.08. The highest BCUT2D eigenvalue weighted by Crippen LogP contribution is 2.34. The molecule has 1 N–H and O–H groups in total. The van der Waals surface area contributed by atoms with Gasteiger partial charge in [-0.3, -0.25) is 0 Å². The molecule has 74 valence electrons. The highest BCUT2D eigenvalue weighted by Gasteiger charge is 2.26. The molecule has 0 aromatic heterocycles. The molecule has 0 bridgehead atoms.